The molecule has 2 N–H and O–H groups in total. The Labute approximate surface area is 151 Å². The van der Waals surface area contributed by atoms with Crippen LogP contribution in [-0.4, -0.2) is 6.54 Å². The molecule has 3 aliphatic rings. The van der Waals surface area contributed by atoms with Crippen LogP contribution in [0.5, 0.6) is 0 Å². The van der Waals surface area contributed by atoms with E-state index >= 15 is 0 Å². The maximum atomic E-state index is 5.75. The lowest BCUT2D eigenvalue weighted by Gasteiger charge is -2.55. The summed E-state index contributed by atoms with van der Waals surface area (Å²) in [5.41, 5.74) is 6.44. The smallest absolute Gasteiger partial charge is 0.00772 e. The van der Waals surface area contributed by atoms with E-state index in [1.54, 1.807) is 12.8 Å². The van der Waals surface area contributed by atoms with Crippen molar-refractivity contribution in [3.05, 3.63) is 0 Å². The van der Waals surface area contributed by atoms with Crippen molar-refractivity contribution in [3.8, 4) is 0 Å². The van der Waals surface area contributed by atoms with Crippen molar-refractivity contribution >= 4 is 0 Å². The Morgan fingerprint density at radius 3 is 2.62 bits per heavy atom. The highest BCUT2D eigenvalue weighted by molar-refractivity contribution is 5.00. The second-order valence-corrected chi connectivity index (χ2v) is 9.81. The minimum absolute atomic E-state index is 0.686. The first kappa shape index (κ1) is 18.7. The Morgan fingerprint density at radius 1 is 0.958 bits per heavy atom. The third-order valence-electron chi connectivity index (χ3n) is 8.54. The van der Waals surface area contributed by atoms with E-state index in [2.05, 4.69) is 13.8 Å². The first-order chi connectivity index (χ1) is 11.7. The van der Waals surface area contributed by atoms with Crippen LogP contribution in [-0.2, 0) is 0 Å². The van der Waals surface area contributed by atoms with Crippen LogP contribution in [0.4, 0.5) is 0 Å². The molecular formula is C23H43N. The molecule has 6 atom stereocenters. The van der Waals surface area contributed by atoms with Gasteiger partial charge in [-0.3, -0.25) is 0 Å². The highest BCUT2D eigenvalue weighted by Gasteiger charge is 2.50. The molecule has 140 valence electrons. The van der Waals surface area contributed by atoms with Gasteiger partial charge in [-0.25, -0.2) is 0 Å². The number of hydrogen-bond acceptors (Lipinski definition) is 1. The van der Waals surface area contributed by atoms with Crippen LogP contribution in [0.15, 0.2) is 0 Å². The molecule has 0 radical (unpaired) electrons. The van der Waals surface area contributed by atoms with Crippen molar-refractivity contribution in [3.63, 3.8) is 0 Å². The maximum Gasteiger partial charge on any atom is -0.00772 e. The van der Waals surface area contributed by atoms with Gasteiger partial charge in [-0.05, 0) is 99.3 Å². The summed E-state index contributed by atoms with van der Waals surface area (Å²) in [5, 5.41) is 0. The summed E-state index contributed by atoms with van der Waals surface area (Å²) >= 11 is 0. The monoisotopic (exact) mass is 333 g/mol. The molecule has 3 aliphatic carbocycles. The summed E-state index contributed by atoms with van der Waals surface area (Å²) in [6.07, 6.45) is 20.8. The average molecular weight is 334 g/mol. The number of fused-ring (bicyclic) bond motifs is 1. The topological polar surface area (TPSA) is 26.0 Å². The van der Waals surface area contributed by atoms with Crippen molar-refractivity contribution in [2.24, 2.45) is 40.7 Å². The zero-order valence-electron chi connectivity index (χ0n) is 16.6. The summed E-state index contributed by atoms with van der Waals surface area (Å²) in [6.45, 7) is 5.99. The van der Waals surface area contributed by atoms with Crippen LogP contribution < -0.4 is 5.73 Å². The summed E-state index contributed by atoms with van der Waals surface area (Å²) in [6, 6.07) is 0. The molecular weight excluding hydrogens is 290 g/mol. The molecule has 1 heteroatoms. The van der Waals surface area contributed by atoms with E-state index < -0.39 is 0 Å². The maximum absolute atomic E-state index is 5.75. The Kier molecular flexibility index (Phi) is 6.69. The van der Waals surface area contributed by atoms with Crippen LogP contribution in [0.1, 0.15) is 104 Å². The van der Waals surface area contributed by atoms with E-state index in [1.807, 2.05) is 0 Å². The first-order valence-corrected chi connectivity index (χ1v) is 11.4. The van der Waals surface area contributed by atoms with Gasteiger partial charge in [0.05, 0.1) is 0 Å². The molecule has 0 aromatic rings. The zero-order valence-corrected chi connectivity index (χ0v) is 16.6. The van der Waals surface area contributed by atoms with Gasteiger partial charge in [0.2, 0.25) is 0 Å². The molecule has 0 bridgehead atoms. The lowest BCUT2D eigenvalue weighted by atomic mass is 9.50. The number of hydrogen-bond donors (Lipinski definition) is 1. The Bertz CT molecular complexity index is 378. The van der Waals surface area contributed by atoms with Crippen LogP contribution in [0.2, 0.25) is 0 Å². The summed E-state index contributed by atoms with van der Waals surface area (Å²) in [5.74, 6) is 5.20. The lowest BCUT2D eigenvalue weighted by molar-refractivity contribution is -0.0577. The van der Waals surface area contributed by atoms with Gasteiger partial charge >= 0.3 is 0 Å². The van der Waals surface area contributed by atoms with Gasteiger partial charge in [0.25, 0.3) is 0 Å². The van der Waals surface area contributed by atoms with E-state index in [0.29, 0.717) is 5.41 Å². The van der Waals surface area contributed by atoms with Gasteiger partial charge in [0, 0.05) is 0 Å². The van der Waals surface area contributed by atoms with Crippen LogP contribution in [0, 0.1) is 35.0 Å². The molecule has 0 aromatic heterocycles. The molecule has 6 unspecified atom stereocenters. The molecule has 0 spiro atoms. The van der Waals surface area contributed by atoms with Gasteiger partial charge in [0.15, 0.2) is 0 Å². The lowest BCUT2D eigenvalue weighted by Crippen LogP contribution is -2.47. The number of nitrogens with two attached hydrogens (primary N) is 1. The predicted octanol–water partition coefficient (Wildman–Crippen LogP) is 6.55. The minimum atomic E-state index is 0.686. The van der Waals surface area contributed by atoms with Crippen LogP contribution in [0.25, 0.3) is 0 Å². The Balaban J connectivity index is 1.69. The summed E-state index contributed by atoms with van der Waals surface area (Å²) < 4.78 is 0. The van der Waals surface area contributed by atoms with Gasteiger partial charge in [-0.1, -0.05) is 46.0 Å². The largest absolute Gasteiger partial charge is 0.330 e. The molecule has 0 aromatic carbocycles. The zero-order chi connectivity index (χ0) is 17.0. The second kappa shape index (κ2) is 8.56. The fourth-order valence-electron chi connectivity index (χ4n) is 7.18. The summed E-state index contributed by atoms with van der Waals surface area (Å²) in [4.78, 5) is 0. The van der Waals surface area contributed by atoms with Crippen molar-refractivity contribution in [2.45, 2.75) is 104 Å². The van der Waals surface area contributed by atoms with Crippen molar-refractivity contribution in [1.29, 1.82) is 0 Å². The van der Waals surface area contributed by atoms with Crippen LogP contribution >= 0.6 is 0 Å². The highest BCUT2D eigenvalue weighted by Crippen LogP contribution is 2.60. The van der Waals surface area contributed by atoms with E-state index in [9.17, 15) is 0 Å². The standard InChI is InChI=1S/C23H43N/c1-3-4-10-22-21(19-12-11-18(17-19)8-7-16-24)14-13-20-9-5-6-15-23(20,22)2/h18-22H,3-17,24H2,1-2H3. The van der Waals surface area contributed by atoms with E-state index in [-0.39, 0.29) is 0 Å². The third kappa shape index (κ3) is 3.87. The van der Waals surface area contributed by atoms with Gasteiger partial charge < -0.3 is 5.73 Å². The van der Waals surface area contributed by atoms with Gasteiger partial charge in [0.1, 0.15) is 0 Å². The number of unbranched alkanes of at least 4 members (excludes halogenated alkanes) is 1. The minimum Gasteiger partial charge on any atom is -0.330 e. The molecule has 3 fully saturated rings. The average Bonchev–Trinajstić information content (AvgIpc) is 3.06. The van der Waals surface area contributed by atoms with Gasteiger partial charge in [-0.2, -0.15) is 0 Å². The normalized spacial score (nSPS) is 42.9. The Morgan fingerprint density at radius 2 is 1.83 bits per heavy atom. The van der Waals surface area contributed by atoms with Crippen molar-refractivity contribution in [1.82, 2.24) is 0 Å². The quantitative estimate of drug-likeness (QED) is 0.561. The predicted molar refractivity (Wildman–Crippen MR) is 105 cm³/mol. The number of rotatable bonds is 7. The van der Waals surface area contributed by atoms with E-state index in [1.165, 1.54) is 77.0 Å². The molecule has 0 aliphatic heterocycles. The fraction of sp³-hybridized carbons (Fsp3) is 1.00. The molecule has 1 nitrogen and oxygen atoms in total. The van der Waals surface area contributed by atoms with Crippen molar-refractivity contribution in [2.75, 3.05) is 6.54 Å². The van der Waals surface area contributed by atoms with E-state index in [4.69, 9.17) is 5.73 Å². The first-order valence-electron chi connectivity index (χ1n) is 11.4. The van der Waals surface area contributed by atoms with E-state index in [0.717, 1.165) is 36.1 Å². The SMILES string of the molecule is CCCCC1C(C2CCC(CCCN)C2)CCC2CCCCC21C. The third-order valence-corrected chi connectivity index (χ3v) is 8.54. The van der Waals surface area contributed by atoms with Crippen LogP contribution in [0.3, 0.4) is 0 Å². The summed E-state index contributed by atoms with van der Waals surface area (Å²) in [7, 11) is 0. The molecule has 3 saturated carbocycles. The Hall–Kier alpha value is -0.0400. The van der Waals surface area contributed by atoms with Crippen molar-refractivity contribution < 1.29 is 0 Å². The van der Waals surface area contributed by atoms with Gasteiger partial charge in [-0.15, -0.1) is 0 Å². The molecule has 0 heterocycles. The molecule has 3 rings (SSSR count). The molecule has 0 amide bonds. The molecule has 24 heavy (non-hydrogen) atoms. The molecule has 0 saturated heterocycles. The fourth-order valence-corrected chi connectivity index (χ4v) is 7.18. The highest BCUT2D eigenvalue weighted by atomic mass is 14.6. The second-order valence-electron chi connectivity index (χ2n) is 9.81.